The molecule has 1 aliphatic rings. The number of hydrogen-bond acceptors (Lipinski definition) is 5. The first-order valence-electron chi connectivity index (χ1n) is 4.18. The van der Waals surface area contributed by atoms with Crippen LogP contribution < -0.4 is 0 Å². The first kappa shape index (κ1) is 13.7. The molecule has 1 aliphatic heterocycles. The summed E-state index contributed by atoms with van der Waals surface area (Å²) in [5.74, 6) is -0.369. The molecular formula is C6H9F3O5S2. The molecule has 0 bridgehead atoms. The quantitative estimate of drug-likeness (QED) is 0.542. The lowest BCUT2D eigenvalue weighted by atomic mass is 10.2. The van der Waals surface area contributed by atoms with E-state index in [2.05, 4.69) is 4.18 Å². The second kappa shape index (κ2) is 3.84. The van der Waals surface area contributed by atoms with Crippen LogP contribution in [-0.2, 0) is 24.1 Å². The molecule has 0 spiro atoms. The molecule has 0 N–H and O–H groups in total. The monoisotopic (exact) mass is 282 g/mol. The average Bonchev–Trinajstić information content (AvgIpc) is 2.29. The summed E-state index contributed by atoms with van der Waals surface area (Å²) in [5, 5.41) is -1.25. The van der Waals surface area contributed by atoms with Crippen molar-refractivity contribution in [1.82, 2.24) is 0 Å². The van der Waals surface area contributed by atoms with Gasteiger partial charge in [-0.05, 0) is 13.3 Å². The molecular weight excluding hydrogens is 273 g/mol. The normalized spacial score (nSPS) is 30.5. The molecule has 1 fully saturated rings. The third kappa shape index (κ3) is 2.48. The van der Waals surface area contributed by atoms with Crippen molar-refractivity contribution in [1.29, 1.82) is 0 Å². The Morgan fingerprint density at radius 2 is 1.81 bits per heavy atom. The van der Waals surface area contributed by atoms with Gasteiger partial charge in [-0.2, -0.15) is 21.6 Å². The van der Waals surface area contributed by atoms with E-state index in [4.69, 9.17) is 0 Å². The molecule has 10 heteroatoms. The van der Waals surface area contributed by atoms with Crippen LogP contribution in [0.3, 0.4) is 0 Å². The van der Waals surface area contributed by atoms with Crippen molar-refractivity contribution in [3.63, 3.8) is 0 Å². The highest BCUT2D eigenvalue weighted by Crippen LogP contribution is 2.31. The molecule has 0 aliphatic carbocycles. The zero-order chi connectivity index (χ0) is 12.8. The van der Waals surface area contributed by atoms with Crippen LogP contribution in [0.2, 0.25) is 0 Å². The van der Waals surface area contributed by atoms with Gasteiger partial charge in [0.25, 0.3) is 0 Å². The Labute approximate surface area is 90.6 Å². The van der Waals surface area contributed by atoms with Gasteiger partial charge in [-0.1, -0.05) is 0 Å². The Bertz CT molecular complexity index is 463. The number of sulfone groups is 1. The van der Waals surface area contributed by atoms with Crippen LogP contribution in [-0.4, -0.2) is 39.5 Å². The largest absolute Gasteiger partial charge is 0.523 e. The lowest BCUT2D eigenvalue weighted by molar-refractivity contribution is -0.0571. The van der Waals surface area contributed by atoms with E-state index in [1.165, 1.54) is 0 Å². The molecule has 0 saturated carbocycles. The fourth-order valence-corrected chi connectivity index (χ4v) is 3.63. The number of hydrogen-bond donors (Lipinski definition) is 0. The fraction of sp³-hybridized carbons (Fsp3) is 1.00. The molecule has 1 rings (SSSR count). The first-order chi connectivity index (χ1) is 6.97. The summed E-state index contributed by atoms with van der Waals surface area (Å²) >= 11 is 0. The van der Waals surface area contributed by atoms with Crippen molar-refractivity contribution >= 4 is 20.0 Å². The maximum Gasteiger partial charge on any atom is 0.523 e. The lowest BCUT2D eigenvalue weighted by Gasteiger charge is -2.16. The average molecular weight is 282 g/mol. The van der Waals surface area contributed by atoms with E-state index < -0.39 is 36.8 Å². The molecule has 1 saturated heterocycles. The van der Waals surface area contributed by atoms with E-state index in [0.717, 1.165) is 6.92 Å². The van der Waals surface area contributed by atoms with Crippen molar-refractivity contribution in [2.45, 2.75) is 30.2 Å². The van der Waals surface area contributed by atoms with E-state index in [1.54, 1.807) is 0 Å². The van der Waals surface area contributed by atoms with Crippen LogP contribution in [0, 0.1) is 0 Å². The van der Waals surface area contributed by atoms with Gasteiger partial charge in [0, 0.05) is 0 Å². The highest BCUT2D eigenvalue weighted by atomic mass is 32.2. The summed E-state index contributed by atoms with van der Waals surface area (Å²) < 4.78 is 83.3. The molecule has 5 nitrogen and oxygen atoms in total. The fourth-order valence-electron chi connectivity index (χ4n) is 1.28. The van der Waals surface area contributed by atoms with Crippen molar-refractivity contribution in [2.24, 2.45) is 0 Å². The summed E-state index contributed by atoms with van der Waals surface area (Å²) in [5.41, 5.74) is -5.53. The minimum absolute atomic E-state index is 0.251. The predicted octanol–water partition coefficient (Wildman–Crippen LogP) is 0.428. The van der Waals surface area contributed by atoms with Crippen molar-refractivity contribution in [2.75, 3.05) is 5.75 Å². The molecule has 2 unspecified atom stereocenters. The Morgan fingerprint density at radius 1 is 1.31 bits per heavy atom. The van der Waals surface area contributed by atoms with Gasteiger partial charge in [-0.25, -0.2) is 8.42 Å². The standard InChI is InChI=1S/C6H9F3O5S2/c1-4-5(2-3-15(4,10)11)14-16(12,13)6(7,8)9/h4-5H,2-3H2,1H3. The van der Waals surface area contributed by atoms with Crippen LogP contribution >= 0.6 is 0 Å². The van der Waals surface area contributed by atoms with Gasteiger partial charge in [0.1, 0.15) is 0 Å². The number of halogens is 3. The van der Waals surface area contributed by atoms with Crippen LogP contribution in [0.4, 0.5) is 13.2 Å². The van der Waals surface area contributed by atoms with Crippen LogP contribution in [0.15, 0.2) is 0 Å². The van der Waals surface area contributed by atoms with Gasteiger partial charge in [-0.3, -0.25) is 4.18 Å². The Balaban J connectivity index is 2.87. The molecule has 0 aromatic heterocycles. The third-order valence-corrected chi connectivity index (χ3v) is 5.62. The molecule has 0 aromatic rings. The smallest absolute Gasteiger partial charge is 0.258 e. The van der Waals surface area contributed by atoms with Crippen molar-refractivity contribution in [3.05, 3.63) is 0 Å². The molecule has 0 aromatic carbocycles. The predicted molar refractivity (Wildman–Crippen MR) is 47.7 cm³/mol. The molecule has 0 amide bonds. The third-order valence-electron chi connectivity index (χ3n) is 2.31. The minimum Gasteiger partial charge on any atom is -0.258 e. The Kier molecular flexibility index (Phi) is 3.29. The van der Waals surface area contributed by atoms with Gasteiger partial charge in [-0.15, -0.1) is 0 Å². The van der Waals surface area contributed by atoms with Gasteiger partial charge in [0.05, 0.1) is 17.1 Å². The van der Waals surface area contributed by atoms with Gasteiger partial charge in [0.15, 0.2) is 9.84 Å². The number of alkyl halides is 3. The molecule has 2 atom stereocenters. The highest BCUT2D eigenvalue weighted by Gasteiger charge is 2.51. The van der Waals surface area contributed by atoms with Crippen LogP contribution in [0.5, 0.6) is 0 Å². The van der Waals surface area contributed by atoms with E-state index in [0.29, 0.717) is 0 Å². The first-order valence-corrected chi connectivity index (χ1v) is 7.31. The highest BCUT2D eigenvalue weighted by molar-refractivity contribution is 7.92. The Hall–Kier alpha value is -0.350. The van der Waals surface area contributed by atoms with Gasteiger partial charge >= 0.3 is 15.6 Å². The second-order valence-corrected chi connectivity index (χ2v) is 7.44. The number of rotatable bonds is 2. The zero-order valence-electron chi connectivity index (χ0n) is 8.06. The van der Waals surface area contributed by atoms with Gasteiger partial charge in [0.2, 0.25) is 0 Å². The summed E-state index contributed by atoms with van der Waals surface area (Å²) in [6, 6.07) is 0. The van der Waals surface area contributed by atoms with Crippen molar-refractivity contribution < 1.29 is 34.2 Å². The maximum absolute atomic E-state index is 11.9. The van der Waals surface area contributed by atoms with E-state index in [1.807, 2.05) is 0 Å². The summed E-state index contributed by atoms with van der Waals surface area (Å²) in [4.78, 5) is 0. The molecule has 96 valence electrons. The molecule has 0 radical (unpaired) electrons. The summed E-state index contributed by atoms with van der Waals surface area (Å²) in [7, 11) is -9.28. The van der Waals surface area contributed by atoms with E-state index in [-0.39, 0.29) is 12.2 Å². The molecule has 1 heterocycles. The van der Waals surface area contributed by atoms with Crippen LogP contribution in [0.1, 0.15) is 13.3 Å². The second-order valence-electron chi connectivity index (χ2n) is 3.40. The van der Waals surface area contributed by atoms with E-state index in [9.17, 15) is 30.0 Å². The SMILES string of the molecule is CC1C(OS(=O)(=O)C(F)(F)F)CCS1(=O)=O. The summed E-state index contributed by atoms with van der Waals surface area (Å²) in [6.45, 7) is 1.12. The minimum atomic E-state index is -5.73. The van der Waals surface area contributed by atoms with Crippen LogP contribution in [0.25, 0.3) is 0 Å². The van der Waals surface area contributed by atoms with E-state index >= 15 is 0 Å². The summed E-state index contributed by atoms with van der Waals surface area (Å²) in [6.07, 6.45) is -1.71. The zero-order valence-corrected chi connectivity index (χ0v) is 9.69. The maximum atomic E-state index is 11.9. The van der Waals surface area contributed by atoms with Gasteiger partial charge < -0.3 is 0 Å². The Morgan fingerprint density at radius 3 is 2.12 bits per heavy atom. The van der Waals surface area contributed by atoms with Crippen molar-refractivity contribution in [3.8, 4) is 0 Å². The lowest BCUT2D eigenvalue weighted by Crippen LogP contribution is -2.34. The molecule has 16 heavy (non-hydrogen) atoms. The topological polar surface area (TPSA) is 77.5 Å².